The molecule has 0 aliphatic heterocycles. The molecule has 0 rings (SSSR count). The number of rotatable bonds is 0. The van der Waals surface area contributed by atoms with Gasteiger partial charge in [-0.1, -0.05) is 0 Å². The van der Waals surface area contributed by atoms with Crippen molar-refractivity contribution in [3.05, 3.63) is 0 Å². The topological polar surface area (TPSA) is 26.0 Å². The summed E-state index contributed by atoms with van der Waals surface area (Å²) in [6.07, 6.45) is 0. The average Bonchev–Trinajstić information content (AvgIpc) is 0.722. The van der Waals surface area contributed by atoms with Crippen molar-refractivity contribution in [1.29, 1.82) is 0 Å². The maximum Gasteiger partial charge on any atom is 0.259 e. The van der Waals surface area contributed by atoms with E-state index < -0.39 is 5.85 Å². The van der Waals surface area contributed by atoms with E-state index in [9.17, 15) is 4.20 Å². The molecule has 0 aromatic carbocycles. The normalized spacial score (nSPS) is 21.4. The SMILES string of the molecule is NP(F)(=S)Cl. The van der Waals surface area contributed by atoms with Crippen molar-refractivity contribution in [3.8, 4) is 0 Å². The van der Waals surface area contributed by atoms with Crippen molar-refractivity contribution in [2.45, 2.75) is 0 Å². The molecular formula is H2ClFNPS. The van der Waals surface area contributed by atoms with Gasteiger partial charge in [0.1, 0.15) is 0 Å². The largest absolute Gasteiger partial charge is 0.266 e. The van der Waals surface area contributed by atoms with E-state index in [4.69, 9.17) is 0 Å². The van der Waals surface area contributed by atoms with Gasteiger partial charge < -0.3 is 0 Å². The van der Waals surface area contributed by atoms with Crippen molar-refractivity contribution in [1.82, 2.24) is 0 Å². The molecular weight excluding hydrogens is 131 g/mol. The summed E-state index contributed by atoms with van der Waals surface area (Å²) < 4.78 is 11.2. The van der Waals surface area contributed by atoms with Crippen LogP contribution in [0.2, 0.25) is 0 Å². The highest BCUT2D eigenvalue weighted by molar-refractivity contribution is 8.23. The quantitative estimate of drug-likeness (QED) is 0.505. The maximum absolute atomic E-state index is 11.2. The summed E-state index contributed by atoms with van der Waals surface area (Å²) in [5.41, 5.74) is 4.38. The van der Waals surface area contributed by atoms with Gasteiger partial charge in [0.2, 0.25) is 0 Å². The third kappa shape index (κ3) is 56.2. The first-order valence-corrected chi connectivity index (χ1v) is 4.45. The van der Waals surface area contributed by atoms with Crippen molar-refractivity contribution in [3.63, 3.8) is 0 Å². The molecule has 0 aliphatic carbocycles. The first kappa shape index (κ1) is 5.83. The Balaban J connectivity index is 3.47. The zero-order valence-electron chi connectivity index (χ0n) is 2.19. The number of hydrogen-bond donors (Lipinski definition) is 1. The highest BCUT2D eigenvalue weighted by atomic mass is 35.7. The van der Waals surface area contributed by atoms with E-state index in [1.54, 1.807) is 0 Å². The summed E-state index contributed by atoms with van der Waals surface area (Å²) in [6, 6.07) is 0. The first-order chi connectivity index (χ1) is 2.00. The molecule has 1 unspecified atom stereocenters. The summed E-state index contributed by atoms with van der Waals surface area (Å²) in [4.78, 5) is 0. The molecule has 2 N–H and O–H groups in total. The highest BCUT2D eigenvalue weighted by Crippen LogP contribution is 2.43. The minimum atomic E-state index is -3.33. The standard InChI is InChI=1S/ClFH2NPS/c1-4(2,3)5/h(H2,3,5). The lowest BCUT2D eigenvalue weighted by Crippen LogP contribution is -1.72. The van der Waals surface area contributed by atoms with E-state index in [1.165, 1.54) is 0 Å². The second-order valence-electron chi connectivity index (χ2n) is 0.502. The molecule has 1 nitrogen and oxygen atoms in total. The Morgan fingerprint density at radius 2 is 2.00 bits per heavy atom. The van der Waals surface area contributed by atoms with Crippen LogP contribution in [0.1, 0.15) is 0 Å². The molecule has 0 amide bonds. The Hall–Kier alpha value is 0.830. The molecule has 1 atom stereocenters. The van der Waals surface area contributed by atoms with Crippen LogP contribution in [0.25, 0.3) is 0 Å². The third-order valence-electron chi connectivity index (χ3n) is 0. The predicted octanol–water partition coefficient (Wildman–Crippen LogP) is 1.38. The fraction of sp³-hybridized carbons (Fsp3) is 0. The second-order valence-corrected chi connectivity index (χ2v) is 5.18. The maximum atomic E-state index is 11.2. The Labute approximate surface area is 39.3 Å². The fourth-order valence-electron chi connectivity index (χ4n) is 0. The van der Waals surface area contributed by atoms with Crippen molar-refractivity contribution in [2.24, 2.45) is 5.50 Å². The van der Waals surface area contributed by atoms with E-state index in [0.717, 1.165) is 0 Å². The molecule has 0 aromatic heterocycles. The molecule has 0 heterocycles. The van der Waals surface area contributed by atoms with Crippen LogP contribution in [-0.4, -0.2) is 0 Å². The zero-order chi connectivity index (χ0) is 4.50. The van der Waals surface area contributed by atoms with Crippen LogP contribution in [0.3, 0.4) is 0 Å². The van der Waals surface area contributed by atoms with Crippen LogP contribution >= 0.6 is 17.1 Å². The minimum absolute atomic E-state index is 3.33. The molecule has 0 spiro atoms. The fourth-order valence-corrected chi connectivity index (χ4v) is 0. The molecule has 32 valence electrons. The van der Waals surface area contributed by atoms with Crippen LogP contribution in [-0.2, 0) is 11.8 Å². The molecule has 5 heavy (non-hydrogen) atoms. The van der Waals surface area contributed by atoms with Crippen LogP contribution in [0.15, 0.2) is 0 Å². The zero-order valence-corrected chi connectivity index (χ0v) is 4.66. The van der Waals surface area contributed by atoms with E-state index in [0.29, 0.717) is 0 Å². The first-order valence-electron chi connectivity index (χ1n) is 0.779. The molecule has 5 heteroatoms. The second kappa shape index (κ2) is 1.52. The smallest absolute Gasteiger partial charge is 0.259 e. The highest BCUT2D eigenvalue weighted by Gasteiger charge is 1.94. The van der Waals surface area contributed by atoms with Crippen molar-refractivity contribution in [2.75, 3.05) is 0 Å². The summed E-state index contributed by atoms with van der Waals surface area (Å²) in [5.74, 6) is -3.33. The molecule has 0 aliphatic rings. The van der Waals surface area contributed by atoms with Gasteiger partial charge >= 0.3 is 0 Å². The van der Waals surface area contributed by atoms with E-state index in [-0.39, 0.29) is 0 Å². The van der Waals surface area contributed by atoms with Gasteiger partial charge in [-0.05, 0) is 23.0 Å². The summed E-state index contributed by atoms with van der Waals surface area (Å²) in [6.45, 7) is 0. The Kier molecular flexibility index (Phi) is 1.77. The van der Waals surface area contributed by atoms with Gasteiger partial charge in [-0.25, -0.2) is 0 Å². The van der Waals surface area contributed by atoms with Crippen LogP contribution in [0.5, 0.6) is 0 Å². The molecule has 0 bridgehead atoms. The van der Waals surface area contributed by atoms with E-state index in [1.807, 2.05) is 0 Å². The van der Waals surface area contributed by atoms with Crippen molar-refractivity contribution < 1.29 is 4.20 Å². The molecule has 0 radical (unpaired) electrons. The Morgan fingerprint density at radius 3 is 2.00 bits per heavy atom. The average molecular weight is 134 g/mol. The van der Waals surface area contributed by atoms with Crippen LogP contribution in [0, 0.1) is 0 Å². The van der Waals surface area contributed by atoms with Gasteiger partial charge in [-0.2, -0.15) is 4.20 Å². The van der Waals surface area contributed by atoms with Gasteiger partial charge in [0, 0.05) is 0 Å². The Bertz CT molecular complexity index is 57.8. The molecule has 0 aromatic rings. The predicted molar refractivity (Wildman–Crippen MR) is 25.4 cm³/mol. The minimum Gasteiger partial charge on any atom is -0.266 e. The van der Waals surface area contributed by atoms with Gasteiger partial charge in [0.05, 0.1) is 0 Å². The molecule has 0 fully saturated rings. The Morgan fingerprint density at radius 1 is 2.00 bits per heavy atom. The van der Waals surface area contributed by atoms with Gasteiger partial charge in [0.25, 0.3) is 5.85 Å². The van der Waals surface area contributed by atoms with E-state index in [2.05, 4.69) is 28.6 Å². The van der Waals surface area contributed by atoms with E-state index >= 15 is 0 Å². The lowest BCUT2D eigenvalue weighted by Gasteiger charge is -1.83. The van der Waals surface area contributed by atoms with Gasteiger partial charge in [-0.15, -0.1) is 0 Å². The number of halogens is 2. The lowest BCUT2D eigenvalue weighted by atomic mass is 13.9. The summed E-state index contributed by atoms with van der Waals surface area (Å²) in [7, 11) is 0. The monoisotopic (exact) mass is 133 g/mol. The van der Waals surface area contributed by atoms with Gasteiger partial charge in [-0.3, -0.25) is 5.50 Å². The third-order valence-corrected chi connectivity index (χ3v) is 0. The van der Waals surface area contributed by atoms with Crippen LogP contribution in [0.4, 0.5) is 4.20 Å². The summed E-state index contributed by atoms with van der Waals surface area (Å²) >= 11 is 8.38. The molecule has 0 saturated heterocycles. The van der Waals surface area contributed by atoms with Gasteiger partial charge in [0.15, 0.2) is 0 Å². The lowest BCUT2D eigenvalue weighted by molar-refractivity contribution is 0.908. The summed E-state index contributed by atoms with van der Waals surface area (Å²) in [5, 5.41) is 0. The molecule has 0 saturated carbocycles. The number of hydrogen-bond acceptors (Lipinski definition) is 1. The van der Waals surface area contributed by atoms with Crippen LogP contribution < -0.4 is 5.50 Å². The number of nitrogens with two attached hydrogens (primary N) is 1. The van der Waals surface area contributed by atoms with Crippen molar-refractivity contribution >= 4 is 28.9 Å².